The van der Waals surface area contributed by atoms with E-state index in [0.29, 0.717) is 12.4 Å². The number of pyridine rings is 1. The highest BCUT2D eigenvalue weighted by molar-refractivity contribution is 9.10. The average molecular weight is 301 g/mol. The second-order valence-corrected chi connectivity index (χ2v) is 4.60. The Morgan fingerprint density at radius 1 is 1.50 bits per heavy atom. The van der Waals surface area contributed by atoms with Gasteiger partial charge in [0.1, 0.15) is 23.1 Å². The first-order chi connectivity index (χ1) is 7.79. The summed E-state index contributed by atoms with van der Waals surface area (Å²) in [7, 11) is 1.83. The van der Waals surface area contributed by atoms with E-state index in [2.05, 4.69) is 35.8 Å². The van der Waals surface area contributed by atoms with Crippen LogP contribution in [0.5, 0.6) is 5.75 Å². The third-order valence-electron chi connectivity index (χ3n) is 1.84. The first kappa shape index (κ1) is 11.3. The van der Waals surface area contributed by atoms with E-state index in [9.17, 15) is 0 Å². The van der Waals surface area contributed by atoms with Crippen LogP contribution < -0.4 is 10.1 Å². The van der Waals surface area contributed by atoms with Crippen molar-refractivity contribution >= 4 is 32.5 Å². The van der Waals surface area contributed by atoms with Crippen LogP contribution in [0.1, 0.15) is 5.69 Å². The molecule has 5 nitrogen and oxygen atoms in total. The van der Waals surface area contributed by atoms with Crippen LogP contribution in [0.2, 0.25) is 0 Å². The molecule has 0 unspecified atom stereocenters. The van der Waals surface area contributed by atoms with Gasteiger partial charge >= 0.3 is 0 Å². The van der Waals surface area contributed by atoms with Gasteiger partial charge in [-0.3, -0.25) is 4.98 Å². The quantitative estimate of drug-likeness (QED) is 0.939. The van der Waals surface area contributed by atoms with Crippen molar-refractivity contribution in [3.05, 3.63) is 28.6 Å². The number of rotatable bonds is 4. The van der Waals surface area contributed by atoms with Crippen LogP contribution in [0, 0.1) is 0 Å². The summed E-state index contributed by atoms with van der Waals surface area (Å²) in [6.45, 7) is 0.380. The Hall–Kier alpha value is -1.21. The standard InChI is InChI=1S/C9H9BrN4OS/c1-11-9-8(13-14-16-9)5-15-7-2-6(10)3-12-4-7/h2-4,11H,5H2,1H3. The fourth-order valence-electron chi connectivity index (χ4n) is 1.12. The van der Waals surface area contributed by atoms with Gasteiger partial charge in [0.25, 0.3) is 0 Å². The van der Waals surface area contributed by atoms with Crippen molar-refractivity contribution in [2.45, 2.75) is 6.61 Å². The predicted molar refractivity (Wildman–Crippen MR) is 65.7 cm³/mol. The smallest absolute Gasteiger partial charge is 0.139 e. The largest absolute Gasteiger partial charge is 0.485 e. The van der Waals surface area contributed by atoms with Crippen molar-refractivity contribution < 1.29 is 4.74 Å². The van der Waals surface area contributed by atoms with Crippen LogP contribution in [0.4, 0.5) is 5.00 Å². The molecule has 2 aromatic rings. The van der Waals surface area contributed by atoms with E-state index >= 15 is 0 Å². The molecule has 2 heterocycles. The molecule has 0 bridgehead atoms. The highest BCUT2D eigenvalue weighted by Gasteiger charge is 2.06. The van der Waals surface area contributed by atoms with E-state index in [1.54, 1.807) is 12.4 Å². The summed E-state index contributed by atoms with van der Waals surface area (Å²) in [6.07, 6.45) is 3.36. The lowest BCUT2D eigenvalue weighted by Gasteiger charge is -2.04. The monoisotopic (exact) mass is 300 g/mol. The number of hydrogen-bond acceptors (Lipinski definition) is 6. The van der Waals surface area contributed by atoms with E-state index in [-0.39, 0.29) is 0 Å². The Kier molecular flexibility index (Phi) is 3.68. The molecule has 0 aliphatic rings. The third kappa shape index (κ3) is 2.67. The van der Waals surface area contributed by atoms with Gasteiger partial charge in [-0.15, -0.1) is 5.10 Å². The van der Waals surface area contributed by atoms with E-state index in [1.807, 2.05) is 13.1 Å². The van der Waals surface area contributed by atoms with Gasteiger partial charge in [-0.05, 0) is 22.0 Å². The van der Waals surface area contributed by atoms with Gasteiger partial charge in [0, 0.05) is 29.2 Å². The Bertz CT molecular complexity index is 476. The lowest BCUT2D eigenvalue weighted by atomic mass is 10.4. The topological polar surface area (TPSA) is 59.9 Å². The molecular weight excluding hydrogens is 292 g/mol. The highest BCUT2D eigenvalue weighted by atomic mass is 79.9. The highest BCUT2D eigenvalue weighted by Crippen LogP contribution is 2.20. The van der Waals surface area contributed by atoms with Gasteiger partial charge in [0.05, 0.1) is 6.20 Å². The van der Waals surface area contributed by atoms with Crippen LogP contribution >= 0.6 is 27.5 Å². The van der Waals surface area contributed by atoms with E-state index < -0.39 is 0 Å². The molecule has 7 heteroatoms. The summed E-state index contributed by atoms with van der Waals surface area (Å²) in [4.78, 5) is 4.01. The minimum atomic E-state index is 0.380. The maximum absolute atomic E-state index is 5.55. The zero-order valence-corrected chi connectivity index (χ0v) is 10.9. The molecule has 0 saturated heterocycles. The van der Waals surface area contributed by atoms with E-state index in [1.165, 1.54) is 11.5 Å². The summed E-state index contributed by atoms with van der Waals surface area (Å²) in [5.41, 5.74) is 0.799. The van der Waals surface area contributed by atoms with Gasteiger partial charge in [0.2, 0.25) is 0 Å². The van der Waals surface area contributed by atoms with Gasteiger partial charge in [-0.25, -0.2) is 0 Å². The van der Waals surface area contributed by atoms with Crippen molar-refractivity contribution in [3.63, 3.8) is 0 Å². The third-order valence-corrected chi connectivity index (χ3v) is 3.06. The number of ether oxygens (including phenoxy) is 1. The molecule has 0 aliphatic heterocycles. The van der Waals surface area contributed by atoms with E-state index in [4.69, 9.17) is 4.74 Å². The average Bonchev–Trinajstić information content (AvgIpc) is 2.74. The summed E-state index contributed by atoms with van der Waals surface area (Å²) < 4.78 is 10.3. The van der Waals surface area contributed by atoms with Crippen molar-refractivity contribution in [3.8, 4) is 5.75 Å². The minimum absolute atomic E-state index is 0.380. The molecule has 84 valence electrons. The summed E-state index contributed by atoms with van der Waals surface area (Å²) >= 11 is 4.64. The molecular formula is C9H9BrN4OS. The number of hydrogen-bond donors (Lipinski definition) is 1. The molecule has 0 spiro atoms. The van der Waals surface area contributed by atoms with Gasteiger partial charge < -0.3 is 10.1 Å². The van der Waals surface area contributed by atoms with Crippen LogP contribution in [-0.4, -0.2) is 21.6 Å². The lowest BCUT2D eigenvalue weighted by molar-refractivity contribution is 0.300. The number of nitrogens with zero attached hydrogens (tertiary/aromatic N) is 3. The zero-order valence-electron chi connectivity index (χ0n) is 8.48. The molecule has 2 rings (SSSR count). The van der Waals surface area contributed by atoms with Crippen LogP contribution in [0.15, 0.2) is 22.9 Å². The van der Waals surface area contributed by atoms with E-state index in [0.717, 1.165) is 15.2 Å². The van der Waals surface area contributed by atoms with Crippen LogP contribution in [0.3, 0.4) is 0 Å². The van der Waals surface area contributed by atoms with Crippen molar-refractivity contribution in [1.82, 2.24) is 14.6 Å². The molecule has 0 aromatic carbocycles. The molecule has 0 aliphatic carbocycles. The Morgan fingerprint density at radius 2 is 2.38 bits per heavy atom. The summed E-state index contributed by atoms with van der Waals surface area (Å²) in [5, 5.41) is 7.90. The van der Waals surface area contributed by atoms with Crippen molar-refractivity contribution in [2.24, 2.45) is 0 Å². The number of anilines is 1. The van der Waals surface area contributed by atoms with Crippen molar-refractivity contribution in [1.29, 1.82) is 0 Å². The fraction of sp³-hybridized carbons (Fsp3) is 0.222. The lowest BCUT2D eigenvalue weighted by Crippen LogP contribution is -1.99. The molecule has 0 radical (unpaired) electrons. The number of aromatic nitrogens is 3. The normalized spacial score (nSPS) is 10.1. The Labute approximate surface area is 105 Å². The van der Waals surface area contributed by atoms with Gasteiger partial charge in [-0.2, -0.15) is 0 Å². The summed E-state index contributed by atoms with van der Waals surface area (Å²) in [6, 6.07) is 1.85. The second kappa shape index (κ2) is 5.22. The first-order valence-electron chi connectivity index (χ1n) is 4.52. The molecule has 0 atom stereocenters. The Morgan fingerprint density at radius 3 is 3.12 bits per heavy atom. The molecule has 0 fully saturated rings. The zero-order chi connectivity index (χ0) is 11.4. The maximum atomic E-state index is 5.55. The Balaban J connectivity index is 2.02. The molecule has 0 saturated carbocycles. The first-order valence-corrected chi connectivity index (χ1v) is 6.08. The van der Waals surface area contributed by atoms with Crippen LogP contribution in [-0.2, 0) is 6.61 Å². The predicted octanol–water partition coefficient (Wildman–Crippen LogP) is 2.32. The number of halogens is 1. The number of nitrogens with one attached hydrogen (secondary N) is 1. The minimum Gasteiger partial charge on any atom is -0.485 e. The maximum Gasteiger partial charge on any atom is 0.139 e. The van der Waals surface area contributed by atoms with Gasteiger partial charge in [-0.1, -0.05) is 4.49 Å². The second-order valence-electron chi connectivity index (χ2n) is 2.93. The van der Waals surface area contributed by atoms with Crippen molar-refractivity contribution in [2.75, 3.05) is 12.4 Å². The van der Waals surface area contributed by atoms with Gasteiger partial charge in [0.15, 0.2) is 0 Å². The molecule has 2 aromatic heterocycles. The molecule has 0 amide bonds. The molecule has 16 heavy (non-hydrogen) atoms. The fourth-order valence-corrected chi connectivity index (χ4v) is 1.98. The SMILES string of the molecule is CNc1snnc1COc1cncc(Br)c1. The van der Waals surface area contributed by atoms with Crippen LogP contribution in [0.25, 0.3) is 0 Å². The summed E-state index contributed by atoms with van der Waals surface area (Å²) in [5.74, 6) is 0.699. The molecule has 1 N–H and O–H groups in total.